The summed E-state index contributed by atoms with van der Waals surface area (Å²) in [5, 5.41) is 12.2. The molecule has 2 amide bonds. The van der Waals surface area contributed by atoms with Crippen molar-refractivity contribution in [2.45, 2.75) is 50.5 Å². The van der Waals surface area contributed by atoms with E-state index in [1.54, 1.807) is 18.2 Å². The largest absolute Gasteiger partial charge is 0.490 e. The van der Waals surface area contributed by atoms with Gasteiger partial charge in [-0.25, -0.2) is 4.98 Å². The number of primary amides is 1. The van der Waals surface area contributed by atoms with Crippen LogP contribution in [0.25, 0.3) is 0 Å². The van der Waals surface area contributed by atoms with Crippen molar-refractivity contribution in [1.29, 1.82) is 5.26 Å². The van der Waals surface area contributed by atoms with Crippen LogP contribution in [0.5, 0.6) is 11.8 Å². The molecule has 2 aromatic heterocycles. The van der Waals surface area contributed by atoms with Crippen molar-refractivity contribution in [1.82, 2.24) is 25.2 Å². The van der Waals surface area contributed by atoms with E-state index in [2.05, 4.69) is 31.2 Å². The molecule has 2 aliphatic carbocycles. The number of nitrogens with one attached hydrogen (secondary N) is 1. The number of carbonyl (C=O) groups excluding carboxylic acids is 2. The Hall–Kier alpha value is -3.98. The minimum Gasteiger partial charge on any atom is -0.490 e. The van der Waals surface area contributed by atoms with Crippen LogP contribution in [0, 0.1) is 23.2 Å². The minimum atomic E-state index is -0.572. The Morgan fingerprint density at radius 1 is 1.12 bits per heavy atom. The number of nitrogens with two attached hydrogens (primary N) is 1. The van der Waals surface area contributed by atoms with Gasteiger partial charge >= 0.3 is 6.01 Å². The summed E-state index contributed by atoms with van der Waals surface area (Å²) in [7, 11) is 3.96. The van der Waals surface area contributed by atoms with Crippen LogP contribution in [0.15, 0.2) is 18.2 Å². The fourth-order valence-electron chi connectivity index (χ4n) is 5.07. The normalized spacial score (nSPS) is 20.7. The van der Waals surface area contributed by atoms with Crippen LogP contribution in [0.4, 0.5) is 5.82 Å². The first-order valence-electron chi connectivity index (χ1n) is 14.4. The van der Waals surface area contributed by atoms with Crippen molar-refractivity contribution < 1.29 is 19.1 Å². The first kappa shape index (κ1) is 28.5. The second-order valence-electron chi connectivity index (χ2n) is 11.4. The van der Waals surface area contributed by atoms with E-state index in [1.807, 2.05) is 19.0 Å². The van der Waals surface area contributed by atoms with Gasteiger partial charge in [0.15, 0.2) is 0 Å². The molecule has 0 aromatic carbocycles. The van der Waals surface area contributed by atoms with Gasteiger partial charge in [0.2, 0.25) is 0 Å². The minimum absolute atomic E-state index is 0.0111. The van der Waals surface area contributed by atoms with Gasteiger partial charge in [0.05, 0.1) is 24.3 Å². The highest BCUT2D eigenvalue weighted by atomic mass is 16.5. The molecule has 0 spiro atoms. The summed E-state index contributed by atoms with van der Waals surface area (Å²) in [6.07, 6.45) is 5.37. The highest BCUT2D eigenvalue weighted by molar-refractivity contribution is 5.93. The van der Waals surface area contributed by atoms with Crippen LogP contribution in [-0.2, 0) is 0 Å². The van der Waals surface area contributed by atoms with Gasteiger partial charge in [0.25, 0.3) is 11.8 Å². The highest BCUT2D eigenvalue weighted by Crippen LogP contribution is 2.38. The molecule has 5 rings (SSSR count). The van der Waals surface area contributed by atoms with Crippen molar-refractivity contribution >= 4 is 17.6 Å². The third-order valence-corrected chi connectivity index (χ3v) is 8.02. The lowest BCUT2D eigenvalue weighted by Gasteiger charge is -2.33. The average molecular weight is 563 g/mol. The average Bonchev–Trinajstić information content (AvgIpc) is 3.72. The molecule has 2 saturated carbocycles. The van der Waals surface area contributed by atoms with Gasteiger partial charge in [-0.3, -0.25) is 9.59 Å². The molecular formula is C29H38N8O4. The number of piperidine rings is 1. The van der Waals surface area contributed by atoms with E-state index in [0.29, 0.717) is 37.9 Å². The summed E-state index contributed by atoms with van der Waals surface area (Å²) in [5.41, 5.74) is 6.76. The summed E-state index contributed by atoms with van der Waals surface area (Å²) in [6, 6.07) is 7.70. The van der Waals surface area contributed by atoms with Crippen LogP contribution in [0.2, 0.25) is 0 Å². The number of nitriles is 1. The number of pyridine rings is 1. The molecule has 41 heavy (non-hydrogen) atoms. The van der Waals surface area contributed by atoms with E-state index < -0.39 is 5.91 Å². The van der Waals surface area contributed by atoms with E-state index in [-0.39, 0.29) is 47.1 Å². The Kier molecular flexibility index (Phi) is 8.83. The van der Waals surface area contributed by atoms with Crippen molar-refractivity contribution in [3.05, 3.63) is 35.3 Å². The Morgan fingerprint density at radius 2 is 1.90 bits per heavy atom. The van der Waals surface area contributed by atoms with E-state index >= 15 is 0 Å². The predicted octanol–water partition coefficient (Wildman–Crippen LogP) is 2.12. The Labute approximate surface area is 240 Å². The maximum atomic E-state index is 13.0. The lowest BCUT2D eigenvalue weighted by molar-refractivity contribution is 0.0909. The van der Waals surface area contributed by atoms with Gasteiger partial charge in [-0.2, -0.15) is 15.2 Å². The third-order valence-electron chi connectivity index (χ3n) is 8.02. The summed E-state index contributed by atoms with van der Waals surface area (Å²) < 4.78 is 11.9. The maximum Gasteiger partial charge on any atom is 0.319 e. The zero-order valence-corrected chi connectivity index (χ0v) is 23.7. The summed E-state index contributed by atoms with van der Waals surface area (Å²) >= 11 is 0. The molecule has 3 N–H and O–H groups in total. The molecule has 2 aromatic rings. The fraction of sp³-hybridized carbons (Fsp3) is 0.586. The van der Waals surface area contributed by atoms with E-state index in [1.165, 1.54) is 0 Å². The quantitative estimate of drug-likeness (QED) is 0.392. The molecule has 1 unspecified atom stereocenters. The van der Waals surface area contributed by atoms with Crippen LogP contribution in [0.3, 0.4) is 0 Å². The molecule has 1 aliphatic heterocycles. The smallest absolute Gasteiger partial charge is 0.319 e. The number of hydrogen-bond donors (Lipinski definition) is 2. The van der Waals surface area contributed by atoms with E-state index in [4.69, 9.17) is 20.5 Å². The van der Waals surface area contributed by atoms with Crippen LogP contribution < -0.4 is 25.4 Å². The SMILES string of the molecule is CN(C)CCOc1ccc(C(N)=O)nc1C1CCN(c2cc(C(=O)NC3CCC3)nc(OCC3C[C@@H]3C#N)n2)CC1. The molecule has 0 bridgehead atoms. The maximum absolute atomic E-state index is 13.0. The second kappa shape index (κ2) is 12.7. The first-order valence-corrected chi connectivity index (χ1v) is 14.4. The Bertz CT molecular complexity index is 1300. The van der Waals surface area contributed by atoms with Crippen molar-refractivity contribution in [2.75, 3.05) is 51.8 Å². The van der Waals surface area contributed by atoms with Crippen molar-refractivity contribution in [3.63, 3.8) is 0 Å². The summed E-state index contributed by atoms with van der Waals surface area (Å²) in [4.78, 5) is 42.6. The lowest BCUT2D eigenvalue weighted by atomic mass is 9.92. The molecular weight excluding hydrogens is 524 g/mol. The number of amides is 2. The summed E-state index contributed by atoms with van der Waals surface area (Å²) in [5.74, 6) is 0.741. The first-order chi connectivity index (χ1) is 19.8. The molecule has 3 fully saturated rings. The topological polar surface area (TPSA) is 160 Å². The number of carbonyl (C=O) groups is 2. The number of nitrogens with zero attached hydrogens (tertiary/aromatic N) is 6. The zero-order valence-electron chi connectivity index (χ0n) is 23.7. The molecule has 12 nitrogen and oxygen atoms in total. The monoisotopic (exact) mass is 562 g/mol. The van der Waals surface area contributed by atoms with Crippen LogP contribution in [0.1, 0.15) is 71.1 Å². The highest BCUT2D eigenvalue weighted by Gasteiger charge is 2.38. The van der Waals surface area contributed by atoms with Gasteiger partial charge in [0, 0.05) is 43.6 Å². The standard InChI is InChI=1S/C29H38N8O4/c1-36(2)12-13-40-24-7-6-22(27(31)38)33-26(24)18-8-10-37(11-9-18)25-15-23(28(39)32-21-4-3-5-21)34-29(35-25)41-17-20-14-19(20)16-30/h6-7,15,18-21H,3-5,8-14,17H2,1-2H3,(H2,31,38)(H,32,39)/t19-,20?/m1/s1. The van der Waals surface area contributed by atoms with Crippen LogP contribution in [-0.4, -0.2) is 84.7 Å². The molecule has 12 heteroatoms. The van der Waals surface area contributed by atoms with E-state index in [9.17, 15) is 9.59 Å². The fourth-order valence-corrected chi connectivity index (χ4v) is 5.07. The van der Waals surface area contributed by atoms with Gasteiger partial charge in [-0.1, -0.05) is 0 Å². The third kappa shape index (κ3) is 7.21. The number of aromatic nitrogens is 3. The number of hydrogen-bond acceptors (Lipinski definition) is 10. The van der Waals surface area contributed by atoms with Crippen molar-refractivity contribution in [3.8, 4) is 17.8 Å². The van der Waals surface area contributed by atoms with Crippen LogP contribution >= 0.6 is 0 Å². The van der Waals surface area contributed by atoms with Gasteiger partial charge in [0.1, 0.15) is 29.6 Å². The molecule has 2 atom stereocenters. The number of rotatable bonds is 12. The molecule has 1 saturated heterocycles. The summed E-state index contributed by atoms with van der Waals surface area (Å²) in [6.45, 7) is 2.92. The molecule has 0 radical (unpaired) electrons. The molecule has 3 heterocycles. The van der Waals surface area contributed by atoms with Crippen molar-refractivity contribution in [2.24, 2.45) is 17.6 Å². The predicted molar refractivity (Wildman–Crippen MR) is 151 cm³/mol. The van der Waals surface area contributed by atoms with E-state index in [0.717, 1.165) is 50.8 Å². The number of ether oxygens (including phenoxy) is 2. The van der Waals surface area contributed by atoms with Gasteiger partial charge in [-0.15, -0.1) is 0 Å². The molecule has 3 aliphatic rings. The lowest BCUT2D eigenvalue weighted by Crippen LogP contribution is -2.40. The van der Waals surface area contributed by atoms with Gasteiger partial charge in [-0.05, 0) is 64.8 Å². The number of likely N-dealkylation sites (N-methyl/N-ethyl adjacent to an activating group) is 1. The zero-order chi connectivity index (χ0) is 28.9. The van der Waals surface area contributed by atoms with Gasteiger partial charge < -0.3 is 30.3 Å². The Balaban J connectivity index is 1.30. The second-order valence-corrected chi connectivity index (χ2v) is 11.4. The molecule has 218 valence electrons. The number of anilines is 1. The Morgan fingerprint density at radius 3 is 2.54 bits per heavy atom.